The average Bonchev–Trinajstić information content (AvgIpc) is 2.18. The first-order valence-electron chi connectivity index (χ1n) is 5.14. The van der Waals surface area contributed by atoms with Crippen molar-refractivity contribution in [2.45, 2.75) is 25.9 Å². The minimum atomic E-state index is 0.240. The van der Waals surface area contributed by atoms with Gasteiger partial charge in [-0.25, -0.2) is 0 Å². The van der Waals surface area contributed by atoms with E-state index in [2.05, 4.69) is 19.2 Å². The predicted octanol–water partition coefficient (Wildman–Crippen LogP) is 3.03. The molecule has 2 nitrogen and oxygen atoms in total. The standard InChI is InChI=1S/C12H18ClNO/c1-9(8-15-3)14-10(2)11-6-4-5-7-12(11)13/h4-7,9-10,14H,8H2,1-3H3/t9?,10-/m1/s1. The van der Waals surface area contributed by atoms with E-state index in [0.717, 1.165) is 10.6 Å². The first kappa shape index (κ1) is 12.5. The van der Waals surface area contributed by atoms with Gasteiger partial charge in [0.1, 0.15) is 0 Å². The molecule has 0 saturated heterocycles. The van der Waals surface area contributed by atoms with Crippen molar-refractivity contribution in [3.05, 3.63) is 34.9 Å². The fourth-order valence-corrected chi connectivity index (χ4v) is 1.94. The molecule has 0 bridgehead atoms. The number of hydrogen-bond donors (Lipinski definition) is 1. The number of methoxy groups -OCH3 is 1. The van der Waals surface area contributed by atoms with Crippen molar-refractivity contribution >= 4 is 11.6 Å². The summed E-state index contributed by atoms with van der Waals surface area (Å²) >= 11 is 6.11. The molecule has 84 valence electrons. The molecule has 0 heterocycles. The Balaban J connectivity index is 2.61. The SMILES string of the molecule is COCC(C)N[C@H](C)c1ccccc1Cl. The molecular formula is C12H18ClNO. The van der Waals surface area contributed by atoms with Crippen LogP contribution >= 0.6 is 11.6 Å². The number of ether oxygens (including phenoxy) is 1. The number of hydrogen-bond acceptors (Lipinski definition) is 2. The lowest BCUT2D eigenvalue weighted by Gasteiger charge is -2.20. The van der Waals surface area contributed by atoms with Crippen LogP contribution in [0.3, 0.4) is 0 Å². The minimum Gasteiger partial charge on any atom is -0.383 e. The van der Waals surface area contributed by atoms with E-state index >= 15 is 0 Å². The van der Waals surface area contributed by atoms with E-state index in [1.165, 1.54) is 0 Å². The van der Waals surface area contributed by atoms with Gasteiger partial charge in [0.05, 0.1) is 6.61 Å². The summed E-state index contributed by atoms with van der Waals surface area (Å²) < 4.78 is 5.08. The first-order chi connectivity index (χ1) is 7.15. The zero-order chi connectivity index (χ0) is 11.3. The quantitative estimate of drug-likeness (QED) is 0.835. The van der Waals surface area contributed by atoms with Crippen molar-refractivity contribution in [1.82, 2.24) is 5.32 Å². The monoisotopic (exact) mass is 227 g/mol. The summed E-state index contributed by atoms with van der Waals surface area (Å²) in [7, 11) is 1.71. The number of nitrogens with one attached hydrogen (secondary N) is 1. The Bertz CT molecular complexity index is 303. The fraction of sp³-hybridized carbons (Fsp3) is 0.500. The van der Waals surface area contributed by atoms with Crippen LogP contribution in [0.1, 0.15) is 25.5 Å². The number of halogens is 1. The molecule has 0 aliphatic heterocycles. The molecular weight excluding hydrogens is 210 g/mol. The fourth-order valence-electron chi connectivity index (χ4n) is 1.64. The van der Waals surface area contributed by atoms with Crippen LogP contribution in [0.4, 0.5) is 0 Å². The van der Waals surface area contributed by atoms with Gasteiger partial charge in [0, 0.05) is 24.2 Å². The number of rotatable bonds is 5. The van der Waals surface area contributed by atoms with Gasteiger partial charge in [-0.15, -0.1) is 0 Å². The largest absolute Gasteiger partial charge is 0.383 e. The summed E-state index contributed by atoms with van der Waals surface area (Å²) in [4.78, 5) is 0. The molecule has 1 aromatic carbocycles. The topological polar surface area (TPSA) is 21.3 Å². The first-order valence-corrected chi connectivity index (χ1v) is 5.52. The second kappa shape index (κ2) is 6.11. The van der Waals surface area contributed by atoms with Crippen LogP contribution < -0.4 is 5.32 Å². The molecule has 2 atom stereocenters. The van der Waals surface area contributed by atoms with Crippen LogP contribution in [-0.4, -0.2) is 19.8 Å². The number of benzene rings is 1. The van der Waals surface area contributed by atoms with Gasteiger partial charge in [0.15, 0.2) is 0 Å². The van der Waals surface area contributed by atoms with Crippen molar-refractivity contribution in [1.29, 1.82) is 0 Å². The van der Waals surface area contributed by atoms with Gasteiger partial charge < -0.3 is 10.1 Å². The molecule has 0 spiro atoms. The van der Waals surface area contributed by atoms with Crippen LogP contribution in [-0.2, 0) is 4.74 Å². The molecule has 0 radical (unpaired) electrons. The third kappa shape index (κ3) is 3.82. The van der Waals surface area contributed by atoms with Gasteiger partial charge in [-0.05, 0) is 25.5 Å². The Labute approximate surface area is 96.6 Å². The second-order valence-electron chi connectivity index (χ2n) is 3.77. The molecule has 0 aromatic heterocycles. The second-order valence-corrected chi connectivity index (χ2v) is 4.17. The van der Waals surface area contributed by atoms with Gasteiger partial charge in [-0.3, -0.25) is 0 Å². The average molecular weight is 228 g/mol. The summed E-state index contributed by atoms with van der Waals surface area (Å²) in [6, 6.07) is 8.46. The maximum absolute atomic E-state index is 6.11. The Hall–Kier alpha value is -0.570. The van der Waals surface area contributed by atoms with Crippen molar-refractivity contribution in [3.63, 3.8) is 0 Å². The van der Waals surface area contributed by atoms with E-state index in [4.69, 9.17) is 16.3 Å². The normalized spacial score (nSPS) is 14.9. The lowest BCUT2D eigenvalue weighted by atomic mass is 10.1. The van der Waals surface area contributed by atoms with Crippen LogP contribution in [0.5, 0.6) is 0 Å². The van der Waals surface area contributed by atoms with E-state index < -0.39 is 0 Å². The van der Waals surface area contributed by atoms with E-state index in [0.29, 0.717) is 12.6 Å². The van der Waals surface area contributed by atoms with Crippen molar-refractivity contribution in [2.24, 2.45) is 0 Å². The van der Waals surface area contributed by atoms with Gasteiger partial charge in [-0.1, -0.05) is 29.8 Å². The Morgan fingerprint density at radius 1 is 1.33 bits per heavy atom. The van der Waals surface area contributed by atoms with E-state index in [1.54, 1.807) is 7.11 Å². The maximum atomic E-state index is 6.11. The van der Waals surface area contributed by atoms with Gasteiger partial charge in [-0.2, -0.15) is 0 Å². The molecule has 1 aromatic rings. The van der Waals surface area contributed by atoms with Gasteiger partial charge in [0.25, 0.3) is 0 Å². The molecule has 1 unspecified atom stereocenters. The van der Waals surface area contributed by atoms with Crippen molar-refractivity contribution < 1.29 is 4.74 Å². The van der Waals surface area contributed by atoms with Crippen LogP contribution in [0.2, 0.25) is 5.02 Å². The minimum absolute atomic E-state index is 0.240. The van der Waals surface area contributed by atoms with Crippen molar-refractivity contribution in [2.75, 3.05) is 13.7 Å². The highest BCUT2D eigenvalue weighted by atomic mass is 35.5. The summed E-state index contributed by atoms with van der Waals surface area (Å²) in [5.41, 5.74) is 1.13. The van der Waals surface area contributed by atoms with Gasteiger partial charge in [0.2, 0.25) is 0 Å². The van der Waals surface area contributed by atoms with Crippen LogP contribution in [0.25, 0.3) is 0 Å². The van der Waals surface area contributed by atoms with E-state index in [9.17, 15) is 0 Å². The molecule has 0 aliphatic rings. The smallest absolute Gasteiger partial charge is 0.0613 e. The third-order valence-electron chi connectivity index (χ3n) is 2.32. The summed E-state index contributed by atoms with van der Waals surface area (Å²) in [5, 5.41) is 4.24. The predicted molar refractivity (Wildman–Crippen MR) is 64.3 cm³/mol. The summed E-state index contributed by atoms with van der Waals surface area (Å²) in [5.74, 6) is 0. The summed E-state index contributed by atoms with van der Waals surface area (Å²) in [6.07, 6.45) is 0. The van der Waals surface area contributed by atoms with Crippen LogP contribution in [0.15, 0.2) is 24.3 Å². The van der Waals surface area contributed by atoms with E-state index in [1.807, 2.05) is 24.3 Å². The highest BCUT2D eigenvalue weighted by molar-refractivity contribution is 6.31. The maximum Gasteiger partial charge on any atom is 0.0613 e. The zero-order valence-corrected chi connectivity index (χ0v) is 10.2. The molecule has 15 heavy (non-hydrogen) atoms. The lowest BCUT2D eigenvalue weighted by Crippen LogP contribution is -2.32. The molecule has 0 saturated carbocycles. The Kier molecular flexibility index (Phi) is 5.09. The molecule has 0 aliphatic carbocycles. The molecule has 0 fully saturated rings. The molecule has 0 amide bonds. The van der Waals surface area contributed by atoms with E-state index in [-0.39, 0.29) is 6.04 Å². The Morgan fingerprint density at radius 2 is 2.00 bits per heavy atom. The third-order valence-corrected chi connectivity index (χ3v) is 2.67. The lowest BCUT2D eigenvalue weighted by molar-refractivity contribution is 0.168. The molecule has 3 heteroatoms. The zero-order valence-electron chi connectivity index (χ0n) is 9.46. The summed E-state index contributed by atoms with van der Waals surface area (Å²) in [6.45, 7) is 4.90. The van der Waals surface area contributed by atoms with Gasteiger partial charge >= 0.3 is 0 Å². The molecule has 1 N–H and O–H groups in total. The van der Waals surface area contributed by atoms with Crippen molar-refractivity contribution in [3.8, 4) is 0 Å². The highest BCUT2D eigenvalue weighted by Gasteiger charge is 2.11. The molecule has 1 rings (SSSR count). The Morgan fingerprint density at radius 3 is 2.60 bits per heavy atom. The highest BCUT2D eigenvalue weighted by Crippen LogP contribution is 2.22. The van der Waals surface area contributed by atoms with Crippen LogP contribution in [0, 0.1) is 0 Å².